The number of hydrogen-bond acceptors (Lipinski definition) is 5. The van der Waals surface area contributed by atoms with Crippen LogP contribution in [0.4, 0.5) is 5.69 Å². The number of anilines is 1. The molecule has 6 heteroatoms. The Morgan fingerprint density at radius 2 is 1.79 bits per heavy atom. The number of aromatic nitrogens is 2. The summed E-state index contributed by atoms with van der Waals surface area (Å²) in [5.74, 6) is 0.918. The molecule has 1 aliphatic rings. The van der Waals surface area contributed by atoms with E-state index in [9.17, 15) is 4.79 Å². The van der Waals surface area contributed by atoms with Gasteiger partial charge in [-0.3, -0.25) is 9.69 Å². The lowest BCUT2D eigenvalue weighted by molar-refractivity contribution is 0.242. The maximum Gasteiger partial charge on any atom is 0.266 e. The van der Waals surface area contributed by atoms with Crippen LogP contribution >= 0.6 is 0 Å². The van der Waals surface area contributed by atoms with Gasteiger partial charge in [0.05, 0.1) is 25.0 Å². The molecule has 24 heavy (non-hydrogen) atoms. The predicted octanol–water partition coefficient (Wildman–Crippen LogP) is 1.38. The number of nitrogens with zero attached hydrogens (tertiary/aromatic N) is 4. The average Bonchev–Trinajstić information content (AvgIpc) is 2.63. The molecule has 0 N–H and O–H groups in total. The SMILES string of the molecule is COc1ccccc1N1CCN(CCn2nc(C)ccc2=O)CC1. The lowest BCUT2D eigenvalue weighted by Crippen LogP contribution is -2.47. The number of ether oxygens (including phenoxy) is 1. The summed E-state index contributed by atoms with van der Waals surface area (Å²) in [6, 6.07) is 11.5. The minimum absolute atomic E-state index is 0.0340. The zero-order chi connectivity index (χ0) is 16.9. The lowest BCUT2D eigenvalue weighted by Gasteiger charge is -2.36. The number of aryl methyl sites for hydroxylation is 1. The first kappa shape index (κ1) is 16.5. The lowest BCUT2D eigenvalue weighted by atomic mass is 10.2. The first-order chi connectivity index (χ1) is 11.7. The summed E-state index contributed by atoms with van der Waals surface area (Å²) in [4.78, 5) is 16.5. The molecule has 0 radical (unpaired) electrons. The van der Waals surface area contributed by atoms with Crippen LogP contribution in [0.2, 0.25) is 0 Å². The second kappa shape index (κ2) is 7.49. The van der Waals surface area contributed by atoms with Crippen molar-refractivity contribution in [1.29, 1.82) is 0 Å². The van der Waals surface area contributed by atoms with E-state index >= 15 is 0 Å². The summed E-state index contributed by atoms with van der Waals surface area (Å²) in [5.41, 5.74) is 1.99. The normalized spacial score (nSPS) is 15.5. The molecule has 0 unspecified atom stereocenters. The Balaban J connectivity index is 1.55. The van der Waals surface area contributed by atoms with Crippen molar-refractivity contribution >= 4 is 5.69 Å². The number of methoxy groups -OCH3 is 1. The van der Waals surface area contributed by atoms with Gasteiger partial charge in [-0.25, -0.2) is 4.68 Å². The number of piperazine rings is 1. The molecule has 0 saturated carbocycles. The second-order valence-electron chi connectivity index (χ2n) is 6.04. The first-order valence-corrected chi connectivity index (χ1v) is 8.32. The molecule has 0 aliphatic carbocycles. The van der Waals surface area contributed by atoms with Gasteiger partial charge in [0.25, 0.3) is 5.56 Å². The van der Waals surface area contributed by atoms with Gasteiger partial charge in [-0.1, -0.05) is 12.1 Å². The molecule has 0 bridgehead atoms. The molecule has 6 nitrogen and oxygen atoms in total. The van der Waals surface area contributed by atoms with E-state index in [1.165, 1.54) is 0 Å². The minimum atomic E-state index is -0.0340. The van der Waals surface area contributed by atoms with Crippen molar-refractivity contribution in [3.8, 4) is 5.75 Å². The Morgan fingerprint density at radius 3 is 2.54 bits per heavy atom. The largest absolute Gasteiger partial charge is 0.495 e. The molecule has 2 heterocycles. The Kier molecular flexibility index (Phi) is 5.15. The molecule has 1 aromatic heterocycles. The highest BCUT2D eigenvalue weighted by Gasteiger charge is 2.19. The molecule has 1 saturated heterocycles. The zero-order valence-electron chi connectivity index (χ0n) is 14.3. The fourth-order valence-electron chi connectivity index (χ4n) is 3.05. The summed E-state index contributed by atoms with van der Waals surface area (Å²) in [5, 5.41) is 4.29. The van der Waals surface area contributed by atoms with E-state index in [0.29, 0.717) is 6.54 Å². The van der Waals surface area contributed by atoms with Gasteiger partial charge in [-0.2, -0.15) is 5.10 Å². The van der Waals surface area contributed by atoms with Gasteiger partial charge >= 0.3 is 0 Å². The number of para-hydroxylation sites is 2. The molecular weight excluding hydrogens is 304 g/mol. The fourth-order valence-corrected chi connectivity index (χ4v) is 3.05. The van der Waals surface area contributed by atoms with Crippen LogP contribution in [-0.2, 0) is 6.54 Å². The minimum Gasteiger partial charge on any atom is -0.495 e. The van der Waals surface area contributed by atoms with Crippen molar-refractivity contribution in [2.45, 2.75) is 13.5 Å². The molecule has 0 atom stereocenters. The van der Waals surface area contributed by atoms with E-state index in [1.807, 2.05) is 25.1 Å². The van der Waals surface area contributed by atoms with Crippen LogP contribution < -0.4 is 15.2 Å². The van der Waals surface area contributed by atoms with Gasteiger partial charge in [-0.05, 0) is 25.1 Å². The molecule has 1 aromatic carbocycles. The summed E-state index contributed by atoms with van der Waals surface area (Å²) in [6.45, 7) is 7.23. The van der Waals surface area contributed by atoms with Gasteiger partial charge in [0, 0.05) is 38.8 Å². The van der Waals surface area contributed by atoms with Crippen LogP contribution in [0.1, 0.15) is 5.69 Å². The standard InChI is InChI=1S/C18H24N4O2/c1-15-7-8-18(23)22(19-15)14-11-20-9-12-21(13-10-20)16-5-3-4-6-17(16)24-2/h3-8H,9-14H2,1-2H3. The van der Waals surface area contributed by atoms with Crippen molar-refractivity contribution in [2.24, 2.45) is 0 Å². The average molecular weight is 328 g/mol. The zero-order valence-corrected chi connectivity index (χ0v) is 14.3. The predicted molar refractivity (Wildman–Crippen MR) is 94.9 cm³/mol. The third kappa shape index (κ3) is 3.76. The summed E-state index contributed by atoms with van der Waals surface area (Å²) >= 11 is 0. The molecule has 128 valence electrons. The van der Waals surface area contributed by atoms with Crippen molar-refractivity contribution in [1.82, 2.24) is 14.7 Å². The molecule has 1 aliphatic heterocycles. The number of benzene rings is 1. The highest BCUT2D eigenvalue weighted by Crippen LogP contribution is 2.28. The summed E-state index contributed by atoms with van der Waals surface area (Å²) < 4.78 is 7.01. The van der Waals surface area contributed by atoms with Crippen LogP contribution in [0.5, 0.6) is 5.75 Å². The van der Waals surface area contributed by atoms with E-state index in [2.05, 4.69) is 21.0 Å². The van der Waals surface area contributed by atoms with Gasteiger partial charge in [0.1, 0.15) is 5.75 Å². The molecular formula is C18H24N4O2. The topological polar surface area (TPSA) is 50.6 Å². The van der Waals surface area contributed by atoms with Gasteiger partial charge < -0.3 is 9.64 Å². The van der Waals surface area contributed by atoms with E-state index < -0.39 is 0 Å². The van der Waals surface area contributed by atoms with Crippen molar-refractivity contribution in [2.75, 3.05) is 44.7 Å². The van der Waals surface area contributed by atoms with Crippen molar-refractivity contribution in [3.05, 3.63) is 52.4 Å². The Bertz CT molecular complexity index is 736. The summed E-state index contributed by atoms with van der Waals surface area (Å²) in [6.07, 6.45) is 0. The Morgan fingerprint density at radius 1 is 1.04 bits per heavy atom. The van der Waals surface area contributed by atoms with Gasteiger partial charge in [0.2, 0.25) is 0 Å². The Hall–Kier alpha value is -2.34. The molecule has 2 aromatic rings. The second-order valence-corrected chi connectivity index (χ2v) is 6.04. The highest BCUT2D eigenvalue weighted by atomic mass is 16.5. The van der Waals surface area contributed by atoms with Gasteiger partial charge in [-0.15, -0.1) is 0 Å². The van der Waals surface area contributed by atoms with Crippen LogP contribution in [-0.4, -0.2) is 54.5 Å². The van der Waals surface area contributed by atoms with E-state index in [1.54, 1.807) is 23.9 Å². The fraction of sp³-hybridized carbons (Fsp3) is 0.444. The maximum absolute atomic E-state index is 11.8. The first-order valence-electron chi connectivity index (χ1n) is 8.32. The van der Waals surface area contributed by atoms with Gasteiger partial charge in [0.15, 0.2) is 0 Å². The quantitative estimate of drug-likeness (QED) is 0.830. The third-order valence-corrected chi connectivity index (χ3v) is 4.43. The highest BCUT2D eigenvalue weighted by molar-refractivity contribution is 5.58. The van der Waals surface area contributed by atoms with E-state index in [4.69, 9.17) is 4.74 Å². The van der Waals surface area contributed by atoms with E-state index in [-0.39, 0.29) is 5.56 Å². The van der Waals surface area contributed by atoms with Crippen LogP contribution in [0.25, 0.3) is 0 Å². The monoisotopic (exact) mass is 328 g/mol. The number of hydrogen-bond donors (Lipinski definition) is 0. The maximum atomic E-state index is 11.8. The van der Waals surface area contributed by atoms with Crippen molar-refractivity contribution < 1.29 is 4.74 Å². The molecule has 0 spiro atoms. The number of rotatable bonds is 5. The van der Waals surface area contributed by atoms with E-state index in [0.717, 1.165) is 49.9 Å². The summed E-state index contributed by atoms with van der Waals surface area (Å²) in [7, 11) is 1.71. The third-order valence-electron chi connectivity index (χ3n) is 4.43. The van der Waals surface area contributed by atoms with Crippen LogP contribution in [0, 0.1) is 6.92 Å². The molecule has 0 amide bonds. The molecule has 1 fully saturated rings. The van der Waals surface area contributed by atoms with Crippen LogP contribution in [0.15, 0.2) is 41.2 Å². The van der Waals surface area contributed by atoms with Crippen LogP contribution in [0.3, 0.4) is 0 Å². The molecule has 3 rings (SSSR count). The Labute approximate surface area is 142 Å². The van der Waals surface area contributed by atoms with Crippen molar-refractivity contribution in [3.63, 3.8) is 0 Å². The smallest absolute Gasteiger partial charge is 0.266 e.